The number of likely N-dealkylation sites (tertiary alicyclic amines) is 1. The minimum Gasteiger partial charge on any atom is -0.481 e. The maximum Gasteiger partial charge on any atom is 0.410 e. The number of anilines is 3. The Kier molecular flexibility index (Phi) is 8.96. The third kappa shape index (κ3) is 7.21. The second-order valence-electron chi connectivity index (χ2n) is 12.8. The molecule has 1 atom stereocenters. The first-order chi connectivity index (χ1) is 20.9. The predicted molar refractivity (Wildman–Crippen MR) is 169 cm³/mol. The first kappa shape index (κ1) is 31.1. The fourth-order valence-corrected chi connectivity index (χ4v) is 5.56. The van der Waals surface area contributed by atoms with Gasteiger partial charge in [0.25, 0.3) is 5.91 Å². The predicted octanol–water partition coefficient (Wildman–Crippen LogP) is 5.78. The molecule has 2 aliphatic rings. The van der Waals surface area contributed by atoms with E-state index in [0.717, 1.165) is 29.7 Å². The van der Waals surface area contributed by atoms with Crippen molar-refractivity contribution in [3.05, 3.63) is 71.5 Å². The van der Waals surface area contributed by atoms with Crippen LogP contribution in [0.1, 0.15) is 68.9 Å². The lowest BCUT2D eigenvalue weighted by molar-refractivity contribution is 0.00737. The summed E-state index contributed by atoms with van der Waals surface area (Å²) < 4.78 is 10.8. The van der Waals surface area contributed by atoms with E-state index in [9.17, 15) is 9.59 Å². The number of nitrogens with zero attached hydrogens (tertiary/aromatic N) is 4. The van der Waals surface area contributed by atoms with Gasteiger partial charge in [-0.2, -0.15) is 0 Å². The number of aromatic nitrogens is 2. The van der Waals surface area contributed by atoms with E-state index in [-0.39, 0.29) is 23.5 Å². The van der Waals surface area contributed by atoms with Crippen molar-refractivity contribution in [2.24, 2.45) is 0 Å². The summed E-state index contributed by atoms with van der Waals surface area (Å²) in [7, 11) is 1.57. The lowest BCUT2D eigenvalue weighted by atomic mass is 9.87. The van der Waals surface area contributed by atoms with Crippen LogP contribution in [0.3, 0.4) is 0 Å². The van der Waals surface area contributed by atoms with Crippen LogP contribution >= 0.6 is 0 Å². The van der Waals surface area contributed by atoms with Crippen LogP contribution in [0, 0.1) is 0 Å². The monoisotopic (exact) mass is 602 g/mol. The van der Waals surface area contributed by atoms with Gasteiger partial charge < -0.3 is 25.0 Å². The van der Waals surface area contributed by atoms with Gasteiger partial charge in [0.2, 0.25) is 5.88 Å². The highest BCUT2D eigenvalue weighted by molar-refractivity contribution is 6.07. The molecular weight excluding hydrogens is 560 g/mol. The Balaban J connectivity index is 1.27. The van der Waals surface area contributed by atoms with Crippen LogP contribution in [0.15, 0.2) is 54.9 Å². The molecule has 11 nitrogen and oxygen atoms in total. The average Bonchev–Trinajstić information content (AvgIpc) is 3.56. The molecule has 1 saturated heterocycles. The number of fused-ring (bicyclic) bond motifs is 1. The van der Waals surface area contributed by atoms with Crippen molar-refractivity contribution in [2.75, 3.05) is 42.5 Å². The number of nitrogens with one attached hydrogen (secondary N) is 2. The molecule has 0 aliphatic carbocycles. The normalized spacial score (nSPS) is 17.3. The maximum absolute atomic E-state index is 13.4. The molecule has 4 heterocycles. The summed E-state index contributed by atoms with van der Waals surface area (Å²) >= 11 is 0. The highest BCUT2D eigenvalue weighted by Crippen LogP contribution is 2.42. The van der Waals surface area contributed by atoms with Crippen LogP contribution < -0.4 is 20.4 Å². The number of hydroxylamine groups is 1. The number of benzene rings is 1. The number of carbonyl (C=O) groups excluding carboxylic acids is 2. The number of hydrogen-bond acceptors (Lipinski definition) is 9. The summed E-state index contributed by atoms with van der Waals surface area (Å²) in [5, 5.41) is 8.17. The summed E-state index contributed by atoms with van der Waals surface area (Å²) in [6.45, 7) is 12.1. The number of methoxy groups -OCH3 is 1. The fraction of sp³-hybridized carbons (Fsp3) is 0.455. The first-order valence-corrected chi connectivity index (χ1v) is 15.0. The van der Waals surface area contributed by atoms with E-state index in [1.165, 1.54) is 0 Å². The number of ether oxygens (including phenoxy) is 2. The van der Waals surface area contributed by atoms with Crippen LogP contribution in [-0.2, 0) is 21.5 Å². The van der Waals surface area contributed by atoms with E-state index in [1.807, 2.05) is 56.2 Å². The van der Waals surface area contributed by atoms with Crippen molar-refractivity contribution in [3.63, 3.8) is 0 Å². The minimum atomic E-state index is -0.551. The Bertz CT molecular complexity index is 1500. The number of carbonyl (C=O) groups is 2. The molecule has 11 heteroatoms. The molecule has 2 aliphatic heterocycles. The Morgan fingerprint density at radius 2 is 1.91 bits per heavy atom. The minimum absolute atomic E-state index is 0.0652. The molecule has 44 heavy (non-hydrogen) atoms. The van der Waals surface area contributed by atoms with Gasteiger partial charge in [0.05, 0.1) is 37.6 Å². The Hall–Kier alpha value is -4.38. The second kappa shape index (κ2) is 12.7. The number of rotatable bonds is 9. The van der Waals surface area contributed by atoms with Gasteiger partial charge in [0, 0.05) is 42.7 Å². The molecule has 2 amide bonds. The molecular formula is C33H42N6O5. The summed E-state index contributed by atoms with van der Waals surface area (Å²) in [6, 6.07) is 13.0. The van der Waals surface area contributed by atoms with E-state index in [0.29, 0.717) is 49.2 Å². The molecule has 0 bridgehead atoms. The van der Waals surface area contributed by atoms with Crippen LogP contribution in [0.2, 0.25) is 0 Å². The van der Waals surface area contributed by atoms with Crippen molar-refractivity contribution in [2.45, 2.75) is 71.1 Å². The van der Waals surface area contributed by atoms with Gasteiger partial charge in [0.1, 0.15) is 11.4 Å². The van der Waals surface area contributed by atoms with E-state index < -0.39 is 5.60 Å². The number of hydrogen-bond donors (Lipinski definition) is 2. The molecule has 2 N–H and O–H groups in total. The fourth-order valence-electron chi connectivity index (χ4n) is 5.56. The SMILES string of the molecule is COc1cc(CNc2ncccc2C(=O)Nc2ccc3c(c2)N(OCC2CCCN2C(=O)OC(C)(C)C)CC3(C)C)ccn1. The molecule has 0 saturated carbocycles. The van der Waals surface area contributed by atoms with E-state index in [4.69, 9.17) is 14.3 Å². The average molecular weight is 603 g/mol. The molecule has 5 rings (SSSR count). The van der Waals surface area contributed by atoms with E-state index in [1.54, 1.807) is 36.5 Å². The Labute approximate surface area is 258 Å². The lowest BCUT2D eigenvalue weighted by Gasteiger charge is -2.30. The largest absolute Gasteiger partial charge is 0.481 e. The molecule has 2 aromatic heterocycles. The number of amides is 2. The van der Waals surface area contributed by atoms with E-state index >= 15 is 0 Å². The summed E-state index contributed by atoms with van der Waals surface area (Å²) in [6.07, 6.45) is 4.78. The quantitative estimate of drug-likeness (QED) is 0.314. The third-order valence-electron chi connectivity index (χ3n) is 7.74. The molecule has 1 aromatic carbocycles. The highest BCUT2D eigenvalue weighted by atomic mass is 16.7. The maximum atomic E-state index is 13.4. The summed E-state index contributed by atoms with van der Waals surface area (Å²) in [5.41, 5.74) is 3.32. The Morgan fingerprint density at radius 3 is 2.68 bits per heavy atom. The van der Waals surface area contributed by atoms with Gasteiger partial charge in [-0.3, -0.25) is 14.7 Å². The van der Waals surface area contributed by atoms with Crippen LogP contribution in [0.25, 0.3) is 0 Å². The molecule has 3 aromatic rings. The lowest BCUT2D eigenvalue weighted by Crippen LogP contribution is -2.43. The van der Waals surface area contributed by atoms with Gasteiger partial charge in [-0.1, -0.05) is 19.9 Å². The molecule has 0 spiro atoms. The first-order valence-electron chi connectivity index (χ1n) is 15.0. The van der Waals surface area contributed by atoms with Crippen LogP contribution in [-0.4, -0.2) is 65.3 Å². The Morgan fingerprint density at radius 1 is 1.09 bits per heavy atom. The topological polar surface area (TPSA) is 118 Å². The van der Waals surface area contributed by atoms with Crippen molar-refractivity contribution < 1.29 is 23.9 Å². The van der Waals surface area contributed by atoms with Gasteiger partial charge >= 0.3 is 6.09 Å². The second-order valence-corrected chi connectivity index (χ2v) is 12.8. The van der Waals surface area contributed by atoms with Gasteiger partial charge in [-0.25, -0.2) is 14.8 Å². The smallest absolute Gasteiger partial charge is 0.410 e. The summed E-state index contributed by atoms with van der Waals surface area (Å²) in [4.78, 5) is 42.9. The highest BCUT2D eigenvalue weighted by Gasteiger charge is 2.38. The zero-order valence-corrected chi connectivity index (χ0v) is 26.3. The van der Waals surface area contributed by atoms with Crippen LogP contribution in [0.4, 0.5) is 22.0 Å². The van der Waals surface area contributed by atoms with E-state index in [2.05, 4.69) is 34.4 Å². The molecule has 0 radical (unpaired) electrons. The van der Waals surface area contributed by atoms with Crippen LogP contribution in [0.5, 0.6) is 5.88 Å². The van der Waals surface area contributed by atoms with Gasteiger partial charge in [-0.05, 0) is 75.1 Å². The zero-order chi connectivity index (χ0) is 31.5. The van der Waals surface area contributed by atoms with Crippen molar-refractivity contribution in [3.8, 4) is 5.88 Å². The third-order valence-corrected chi connectivity index (χ3v) is 7.74. The van der Waals surface area contributed by atoms with Crippen molar-refractivity contribution in [1.82, 2.24) is 14.9 Å². The molecule has 234 valence electrons. The van der Waals surface area contributed by atoms with Gasteiger partial charge in [0.15, 0.2) is 0 Å². The summed E-state index contributed by atoms with van der Waals surface area (Å²) in [5.74, 6) is 0.709. The zero-order valence-electron chi connectivity index (χ0n) is 26.3. The van der Waals surface area contributed by atoms with Crippen molar-refractivity contribution in [1.29, 1.82) is 0 Å². The van der Waals surface area contributed by atoms with Crippen molar-refractivity contribution >= 4 is 29.2 Å². The number of pyridine rings is 2. The molecule has 1 fully saturated rings. The standard InChI is InChI=1S/C33H42N6O5/c1-32(2,3)44-31(41)38-16-8-9-24(38)20-43-39-21-33(4,5)26-12-11-23(18-27(26)39)37-30(40)25-10-7-14-35-29(25)36-19-22-13-15-34-28(17-22)42-6/h7,10-15,17-18,24H,8-9,16,19-21H2,1-6H3,(H,35,36)(H,37,40). The molecule has 1 unspecified atom stereocenters. The van der Waals surface area contributed by atoms with Gasteiger partial charge in [-0.15, -0.1) is 0 Å².